The average molecular weight is 380 g/mol. The first-order chi connectivity index (χ1) is 13.5. The molecule has 4 rings (SSSR count). The molecule has 0 unspecified atom stereocenters. The van der Waals surface area contributed by atoms with Gasteiger partial charge >= 0.3 is 0 Å². The van der Waals surface area contributed by atoms with Gasteiger partial charge in [-0.1, -0.05) is 32.0 Å². The fraction of sp³-hybridized carbons (Fsp3) is 0.364. The van der Waals surface area contributed by atoms with Gasteiger partial charge in [-0.2, -0.15) is 0 Å². The molecule has 2 aliphatic rings. The SMILES string of the molecule is CCC(=O)N[C@H]1c2c(OC)cc(OC)cc2[C@]2(NC(=O)c3ccccc32)[C@@H]1C. The lowest BCUT2D eigenvalue weighted by molar-refractivity contribution is -0.121. The normalized spacial score (nSPS) is 24.5. The highest BCUT2D eigenvalue weighted by atomic mass is 16.5. The summed E-state index contributed by atoms with van der Waals surface area (Å²) < 4.78 is 11.2. The lowest BCUT2D eigenvalue weighted by atomic mass is 9.78. The zero-order chi connectivity index (χ0) is 20.1. The summed E-state index contributed by atoms with van der Waals surface area (Å²) in [6.07, 6.45) is 0.382. The molecule has 2 N–H and O–H groups in total. The number of nitrogens with one attached hydrogen (secondary N) is 2. The van der Waals surface area contributed by atoms with Crippen LogP contribution in [0.15, 0.2) is 36.4 Å². The quantitative estimate of drug-likeness (QED) is 0.855. The fourth-order valence-electron chi connectivity index (χ4n) is 4.66. The topological polar surface area (TPSA) is 76.7 Å². The summed E-state index contributed by atoms with van der Waals surface area (Å²) in [5, 5.41) is 6.36. The molecule has 6 heteroatoms. The molecule has 28 heavy (non-hydrogen) atoms. The molecule has 1 spiro atoms. The Morgan fingerprint density at radius 2 is 1.93 bits per heavy atom. The summed E-state index contributed by atoms with van der Waals surface area (Å²) in [5.74, 6) is 1.00. The van der Waals surface area contributed by atoms with Gasteiger partial charge in [0.25, 0.3) is 5.91 Å². The van der Waals surface area contributed by atoms with Crippen molar-refractivity contribution in [2.24, 2.45) is 5.92 Å². The van der Waals surface area contributed by atoms with Crippen LogP contribution >= 0.6 is 0 Å². The predicted molar refractivity (Wildman–Crippen MR) is 105 cm³/mol. The van der Waals surface area contributed by atoms with Gasteiger partial charge in [0.15, 0.2) is 0 Å². The maximum absolute atomic E-state index is 12.8. The van der Waals surface area contributed by atoms with E-state index in [1.807, 2.05) is 43.3 Å². The van der Waals surface area contributed by atoms with Crippen LogP contribution in [0.3, 0.4) is 0 Å². The Balaban J connectivity index is 2.01. The Labute approximate surface area is 164 Å². The maximum Gasteiger partial charge on any atom is 0.252 e. The van der Waals surface area contributed by atoms with Gasteiger partial charge < -0.3 is 20.1 Å². The monoisotopic (exact) mass is 380 g/mol. The second-order valence-corrected chi connectivity index (χ2v) is 7.29. The molecule has 0 bridgehead atoms. The minimum absolute atomic E-state index is 0.0460. The van der Waals surface area contributed by atoms with Crippen LogP contribution in [0.4, 0.5) is 0 Å². The number of hydrogen-bond acceptors (Lipinski definition) is 4. The van der Waals surface area contributed by atoms with Gasteiger partial charge in [0.2, 0.25) is 5.91 Å². The number of carbonyl (C=O) groups is 2. The van der Waals surface area contributed by atoms with Crippen molar-refractivity contribution in [2.45, 2.75) is 31.8 Å². The molecule has 2 aromatic carbocycles. The molecule has 6 nitrogen and oxygen atoms in total. The Hall–Kier alpha value is -3.02. The Morgan fingerprint density at radius 1 is 1.18 bits per heavy atom. The van der Waals surface area contributed by atoms with E-state index in [2.05, 4.69) is 17.6 Å². The first-order valence-electron chi connectivity index (χ1n) is 9.45. The van der Waals surface area contributed by atoms with Crippen molar-refractivity contribution >= 4 is 11.8 Å². The second kappa shape index (κ2) is 6.55. The Kier molecular flexibility index (Phi) is 4.29. The zero-order valence-corrected chi connectivity index (χ0v) is 16.5. The van der Waals surface area contributed by atoms with Gasteiger partial charge in [-0.05, 0) is 23.3 Å². The number of methoxy groups -OCH3 is 2. The number of rotatable bonds is 4. The standard InChI is InChI=1S/C22H24N2O4/c1-5-18(25)23-20-12(2)22(15-9-7-6-8-14(15)21(26)24-22)16-10-13(27-3)11-17(28-4)19(16)20/h6-12,20H,5H2,1-4H3,(H,23,25)(H,24,26)/t12-,20-,22+/m1/s1. The maximum atomic E-state index is 12.8. The number of ether oxygens (including phenoxy) is 2. The van der Waals surface area contributed by atoms with E-state index in [0.717, 1.165) is 16.7 Å². The van der Waals surface area contributed by atoms with Gasteiger partial charge in [-0.15, -0.1) is 0 Å². The largest absolute Gasteiger partial charge is 0.497 e. The molecule has 1 aliphatic heterocycles. The summed E-state index contributed by atoms with van der Waals surface area (Å²) in [4.78, 5) is 25.1. The van der Waals surface area contributed by atoms with Gasteiger partial charge in [0, 0.05) is 29.5 Å². The third kappa shape index (κ3) is 2.33. The molecule has 0 aromatic heterocycles. The van der Waals surface area contributed by atoms with Gasteiger partial charge in [0.1, 0.15) is 11.5 Å². The van der Waals surface area contributed by atoms with Crippen molar-refractivity contribution in [1.29, 1.82) is 0 Å². The third-order valence-electron chi connectivity index (χ3n) is 6.03. The summed E-state index contributed by atoms with van der Waals surface area (Å²) in [6.45, 7) is 3.87. The van der Waals surface area contributed by atoms with E-state index in [1.54, 1.807) is 14.2 Å². The summed E-state index contributed by atoms with van der Waals surface area (Å²) in [6, 6.07) is 11.1. The Morgan fingerprint density at radius 3 is 2.61 bits per heavy atom. The average Bonchev–Trinajstić information content (AvgIpc) is 3.15. The van der Waals surface area contributed by atoms with E-state index in [0.29, 0.717) is 23.5 Å². The van der Waals surface area contributed by atoms with Crippen molar-refractivity contribution in [2.75, 3.05) is 14.2 Å². The van der Waals surface area contributed by atoms with Crippen LogP contribution in [0.5, 0.6) is 11.5 Å². The van der Waals surface area contributed by atoms with Crippen LogP contribution in [0.25, 0.3) is 0 Å². The van der Waals surface area contributed by atoms with Crippen LogP contribution in [0.2, 0.25) is 0 Å². The van der Waals surface area contributed by atoms with Gasteiger partial charge in [0.05, 0.1) is 25.8 Å². The zero-order valence-electron chi connectivity index (χ0n) is 16.5. The second-order valence-electron chi connectivity index (χ2n) is 7.29. The molecule has 3 atom stereocenters. The lowest BCUT2D eigenvalue weighted by Crippen LogP contribution is -2.45. The van der Waals surface area contributed by atoms with E-state index in [9.17, 15) is 9.59 Å². The van der Waals surface area contributed by atoms with Crippen molar-refractivity contribution in [3.05, 3.63) is 58.7 Å². The molecule has 1 aliphatic carbocycles. The highest BCUT2D eigenvalue weighted by Gasteiger charge is 2.57. The smallest absolute Gasteiger partial charge is 0.252 e. The van der Waals surface area contributed by atoms with E-state index in [-0.39, 0.29) is 23.8 Å². The van der Waals surface area contributed by atoms with E-state index in [4.69, 9.17) is 9.47 Å². The summed E-state index contributed by atoms with van der Waals surface area (Å²) in [5.41, 5.74) is 2.60. The number of amides is 2. The number of hydrogen-bond donors (Lipinski definition) is 2. The number of benzene rings is 2. The fourth-order valence-corrected chi connectivity index (χ4v) is 4.66. The summed E-state index contributed by atoms with van der Waals surface area (Å²) in [7, 11) is 3.20. The molecular formula is C22H24N2O4. The first-order valence-corrected chi connectivity index (χ1v) is 9.45. The van der Waals surface area contributed by atoms with E-state index in [1.165, 1.54) is 0 Å². The van der Waals surface area contributed by atoms with Gasteiger partial charge in [-0.25, -0.2) is 0 Å². The molecular weight excluding hydrogens is 356 g/mol. The Bertz CT molecular complexity index is 971. The predicted octanol–water partition coefficient (Wildman–Crippen LogP) is 2.91. The van der Waals surface area contributed by atoms with Crippen molar-refractivity contribution in [3.63, 3.8) is 0 Å². The highest BCUT2D eigenvalue weighted by Crippen LogP contribution is 2.57. The van der Waals surface area contributed by atoms with Crippen LogP contribution < -0.4 is 20.1 Å². The van der Waals surface area contributed by atoms with Crippen LogP contribution in [-0.2, 0) is 10.3 Å². The van der Waals surface area contributed by atoms with Crippen molar-refractivity contribution in [1.82, 2.24) is 10.6 Å². The highest BCUT2D eigenvalue weighted by molar-refractivity contribution is 6.01. The van der Waals surface area contributed by atoms with Crippen LogP contribution in [-0.4, -0.2) is 26.0 Å². The molecule has 2 amide bonds. The van der Waals surface area contributed by atoms with Crippen molar-refractivity contribution in [3.8, 4) is 11.5 Å². The third-order valence-corrected chi connectivity index (χ3v) is 6.03. The van der Waals surface area contributed by atoms with Crippen LogP contribution in [0, 0.1) is 5.92 Å². The summed E-state index contributed by atoms with van der Waals surface area (Å²) >= 11 is 0. The van der Waals surface area contributed by atoms with Gasteiger partial charge in [-0.3, -0.25) is 9.59 Å². The molecule has 2 aromatic rings. The molecule has 0 saturated heterocycles. The first kappa shape index (κ1) is 18.3. The molecule has 146 valence electrons. The molecule has 0 fully saturated rings. The molecule has 0 saturated carbocycles. The molecule has 1 heterocycles. The number of fused-ring (bicyclic) bond motifs is 4. The molecule has 0 radical (unpaired) electrons. The van der Waals surface area contributed by atoms with Crippen molar-refractivity contribution < 1.29 is 19.1 Å². The minimum atomic E-state index is -0.753. The minimum Gasteiger partial charge on any atom is -0.497 e. The van der Waals surface area contributed by atoms with E-state index < -0.39 is 5.54 Å². The van der Waals surface area contributed by atoms with E-state index >= 15 is 0 Å². The lowest BCUT2D eigenvalue weighted by Gasteiger charge is -2.33. The number of carbonyl (C=O) groups excluding carboxylic acids is 2. The van der Waals surface area contributed by atoms with Crippen LogP contribution in [0.1, 0.15) is 53.4 Å².